The quantitative estimate of drug-likeness (QED) is 0.479. The van der Waals surface area contributed by atoms with Crippen LogP contribution in [0.15, 0.2) is 64.3 Å². The van der Waals surface area contributed by atoms with Crippen LogP contribution in [0.2, 0.25) is 0 Å². The van der Waals surface area contributed by atoms with Crippen LogP contribution < -0.4 is 10.9 Å². The number of carbonyl (C=O) groups is 2. The van der Waals surface area contributed by atoms with E-state index < -0.39 is 38.6 Å². The lowest BCUT2D eigenvalue weighted by Crippen LogP contribution is -2.34. The zero-order valence-electron chi connectivity index (χ0n) is 19.0. The van der Waals surface area contributed by atoms with Crippen LogP contribution in [0.4, 0.5) is 13.2 Å². The molecule has 1 aliphatic carbocycles. The van der Waals surface area contributed by atoms with E-state index in [4.69, 9.17) is 0 Å². The van der Waals surface area contributed by atoms with Crippen molar-refractivity contribution in [3.63, 3.8) is 0 Å². The van der Waals surface area contributed by atoms with Gasteiger partial charge >= 0.3 is 6.18 Å². The number of pyridine rings is 1. The topological polar surface area (TPSA) is 102 Å². The summed E-state index contributed by atoms with van der Waals surface area (Å²) >= 11 is 0. The fourth-order valence-corrected chi connectivity index (χ4v) is 5.44. The molecule has 1 fully saturated rings. The molecule has 0 radical (unpaired) electrons. The third kappa shape index (κ3) is 4.97. The minimum atomic E-state index is -4.65. The molecule has 1 N–H and O–H groups in total. The molecule has 1 amide bonds. The maximum absolute atomic E-state index is 13.2. The van der Waals surface area contributed by atoms with Crippen LogP contribution in [0.5, 0.6) is 0 Å². The number of benzene rings is 2. The second-order valence-electron chi connectivity index (χ2n) is 8.48. The molecule has 4 rings (SSSR count). The number of nitrogens with zero attached hydrogens (tertiary/aromatic N) is 1. The highest BCUT2D eigenvalue weighted by molar-refractivity contribution is 7.92. The van der Waals surface area contributed by atoms with E-state index in [0.29, 0.717) is 24.7 Å². The van der Waals surface area contributed by atoms with Gasteiger partial charge in [0.15, 0.2) is 16.1 Å². The zero-order chi connectivity index (χ0) is 26.3. The highest BCUT2D eigenvalue weighted by Crippen LogP contribution is 2.33. The second-order valence-corrected chi connectivity index (χ2v) is 10.7. The van der Waals surface area contributed by atoms with Crippen molar-refractivity contribution >= 4 is 22.0 Å². The largest absolute Gasteiger partial charge is 0.416 e. The molecule has 0 aliphatic heterocycles. The number of alkyl halides is 3. The Hall–Kier alpha value is -3.73. The Kier molecular flexibility index (Phi) is 6.61. The summed E-state index contributed by atoms with van der Waals surface area (Å²) in [5, 5.41) is 2.19. The number of rotatable bonds is 7. The van der Waals surface area contributed by atoms with Crippen molar-refractivity contribution < 1.29 is 31.2 Å². The predicted molar refractivity (Wildman–Crippen MR) is 125 cm³/mol. The first-order valence-electron chi connectivity index (χ1n) is 10.9. The van der Waals surface area contributed by atoms with Gasteiger partial charge in [-0.15, -0.1) is 0 Å². The summed E-state index contributed by atoms with van der Waals surface area (Å²) in [7, 11) is -3.35. The Bertz CT molecular complexity index is 1510. The molecule has 2 aromatic carbocycles. The summed E-state index contributed by atoms with van der Waals surface area (Å²) in [4.78, 5) is 37.8. The summed E-state index contributed by atoms with van der Waals surface area (Å²) in [6, 6.07) is 11.1. The molecular weight excluding hydrogens is 497 g/mol. The van der Waals surface area contributed by atoms with Crippen molar-refractivity contribution in [1.82, 2.24) is 9.88 Å². The minimum absolute atomic E-state index is 0.0354. The third-order valence-electron chi connectivity index (χ3n) is 5.96. The van der Waals surface area contributed by atoms with Gasteiger partial charge in [-0.1, -0.05) is 18.2 Å². The van der Waals surface area contributed by atoms with E-state index in [0.717, 1.165) is 28.8 Å². The fourth-order valence-electron chi connectivity index (χ4n) is 3.78. The van der Waals surface area contributed by atoms with Crippen molar-refractivity contribution in [1.29, 1.82) is 0 Å². The average molecular weight is 519 g/mol. The molecule has 0 spiro atoms. The van der Waals surface area contributed by atoms with Crippen LogP contribution in [0, 0.1) is 6.92 Å². The molecule has 7 nitrogen and oxygen atoms in total. The first-order valence-corrected chi connectivity index (χ1v) is 12.5. The lowest BCUT2D eigenvalue weighted by atomic mass is 10.1. The van der Waals surface area contributed by atoms with Gasteiger partial charge in [0.1, 0.15) is 5.56 Å². The molecule has 1 aromatic heterocycles. The van der Waals surface area contributed by atoms with E-state index in [1.54, 1.807) is 12.1 Å². The molecule has 0 saturated heterocycles. The summed E-state index contributed by atoms with van der Waals surface area (Å²) < 4.78 is 65.1. The van der Waals surface area contributed by atoms with Crippen LogP contribution in [0.3, 0.4) is 0 Å². The normalized spacial score (nSPS) is 13.9. The van der Waals surface area contributed by atoms with Crippen LogP contribution in [-0.4, -0.2) is 30.4 Å². The molecule has 1 saturated carbocycles. The first kappa shape index (κ1) is 25.4. The van der Waals surface area contributed by atoms with E-state index in [1.807, 2.05) is 0 Å². The summed E-state index contributed by atoms with van der Waals surface area (Å²) in [6.07, 6.45) is -2.97. The Balaban J connectivity index is 1.62. The Morgan fingerprint density at radius 3 is 2.36 bits per heavy atom. The highest BCUT2D eigenvalue weighted by Gasteiger charge is 2.36. The van der Waals surface area contributed by atoms with E-state index in [-0.39, 0.29) is 33.6 Å². The van der Waals surface area contributed by atoms with Crippen LogP contribution in [0.1, 0.15) is 50.4 Å². The molecule has 3 aromatic rings. The lowest BCUT2D eigenvalue weighted by Gasteiger charge is -2.16. The lowest BCUT2D eigenvalue weighted by molar-refractivity contribution is -0.137. The first-order chi connectivity index (χ1) is 16.9. The third-order valence-corrected chi connectivity index (χ3v) is 8.24. The number of nitrogens with one attached hydrogen (secondary N) is 1. The molecule has 0 unspecified atom stereocenters. The van der Waals surface area contributed by atoms with Gasteiger partial charge in [0.25, 0.3) is 11.5 Å². The van der Waals surface area contributed by atoms with E-state index in [9.17, 15) is 36.0 Å². The number of amides is 1. The Morgan fingerprint density at radius 2 is 1.78 bits per heavy atom. The maximum Gasteiger partial charge on any atom is 0.416 e. The van der Waals surface area contributed by atoms with Crippen LogP contribution in [0.25, 0.3) is 5.69 Å². The standard InChI is InChI=1S/C25H21F3N2O5S/c1-15-17(14-31)11-22(24(33)30(15)19-4-2-3-18(12-19)25(26,27)28)23(32)29-13-16-5-7-20(8-6-16)36(34,35)21-9-10-21/h2-8,11-12,14,21H,9-10,13H2,1H3,(H,29,32). The number of aldehydes is 1. The smallest absolute Gasteiger partial charge is 0.348 e. The molecular formula is C25H21F3N2O5S. The predicted octanol–water partition coefficient (Wildman–Crippen LogP) is 3.84. The number of hydrogen-bond acceptors (Lipinski definition) is 5. The Morgan fingerprint density at radius 1 is 1.11 bits per heavy atom. The van der Waals surface area contributed by atoms with Crippen molar-refractivity contribution in [2.75, 3.05) is 0 Å². The van der Waals surface area contributed by atoms with Gasteiger partial charge in [-0.2, -0.15) is 13.2 Å². The second kappa shape index (κ2) is 9.38. The SMILES string of the molecule is Cc1c(C=O)cc(C(=O)NCc2ccc(S(=O)(=O)C3CC3)cc2)c(=O)n1-c1cccc(C(F)(F)F)c1. The van der Waals surface area contributed by atoms with E-state index in [2.05, 4.69) is 5.32 Å². The van der Waals surface area contributed by atoms with Crippen molar-refractivity contribution in [3.05, 3.63) is 92.9 Å². The van der Waals surface area contributed by atoms with Gasteiger partial charge in [-0.05, 0) is 61.7 Å². The van der Waals surface area contributed by atoms with E-state index >= 15 is 0 Å². The fraction of sp³-hybridized carbons (Fsp3) is 0.240. The number of carbonyl (C=O) groups excluding carboxylic acids is 2. The highest BCUT2D eigenvalue weighted by atomic mass is 32.2. The monoisotopic (exact) mass is 518 g/mol. The van der Waals surface area contributed by atoms with Crippen LogP contribution in [-0.2, 0) is 22.6 Å². The number of hydrogen-bond donors (Lipinski definition) is 1. The summed E-state index contributed by atoms with van der Waals surface area (Å²) in [5.41, 5.74) is -1.82. The molecule has 11 heteroatoms. The van der Waals surface area contributed by atoms with Gasteiger partial charge in [0.05, 0.1) is 15.7 Å². The van der Waals surface area contributed by atoms with E-state index in [1.165, 1.54) is 25.1 Å². The van der Waals surface area contributed by atoms with Gasteiger partial charge in [0, 0.05) is 23.5 Å². The minimum Gasteiger partial charge on any atom is -0.348 e. The van der Waals surface area contributed by atoms with Crippen molar-refractivity contribution in [2.45, 2.75) is 42.6 Å². The average Bonchev–Trinajstić information content (AvgIpc) is 3.69. The maximum atomic E-state index is 13.2. The van der Waals surface area contributed by atoms with Gasteiger partial charge in [0.2, 0.25) is 0 Å². The molecule has 1 aliphatic rings. The molecule has 0 atom stereocenters. The summed E-state index contributed by atoms with van der Waals surface area (Å²) in [6.45, 7) is 1.35. The number of aromatic nitrogens is 1. The van der Waals surface area contributed by atoms with Gasteiger partial charge in [-0.25, -0.2) is 8.42 Å². The number of sulfone groups is 1. The van der Waals surface area contributed by atoms with Crippen LogP contribution >= 0.6 is 0 Å². The number of halogens is 3. The van der Waals surface area contributed by atoms with Crippen molar-refractivity contribution in [2.24, 2.45) is 0 Å². The zero-order valence-corrected chi connectivity index (χ0v) is 19.8. The molecule has 0 bridgehead atoms. The Labute approximate surface area is 204 Å². The molecule has 1 heterocycles. The van der Waals surface area contributed by atoms with Gasteiger partial charge < -0.3 is 5.32 Å². The summed E-state index contributed by atoms with van der Waals surface area (Å²) in [5.74, 6) is -0.835. The van der Waals surface area contributed by atoms with Gasteiger partial charge in [-0.3, -0.25) is 19.0 Å². The van der Waals surface area contributed by atoms with Crippen molar-refractivity contribution in [3.8, 4) is 5.69 Å². The molecule has 188 valence electrons. The molecule has 36 heavy (non-hydrogen) atoms.